The van der Waals surface area contributed by atoms with Crippen LogP contribution in [0.25, 0.3) is 10.2 Å². The van der Waals surface area contributed by atoms with E-state index in [2.05, 4.69) is 31.0 Å². The number of pyridine rings is 1. The zero-order valence-electron chi connectivity index (χ0n) is 15.2. The van der Waals surface area contributed by atoms with E-state index in [0.29, 0.717) is 13.0 Å². The van der Waals surface area contributed by atoms with Crippen LogP contribution in [0.3, 0.4) is 0 Å². The number of hydrogen-bond acceptors (Lipinski definition) is 5. The average Bonchev–Trinajstić information content (AvgIpc) is 3.30. The maximum Gasteiger partial charge on any atom is 0.234 e. The topological polar surface area (TPSA) is 46.1 Å². The van der Waals surface area contributed by atoms with Crippen LogP contribution in [0.1, 0.15) is 21.7 Å². The Labute approximate surface area is 166 Å². The first-order valence-electron chi connectivity index (χ1n) is 8.70. The van der Waals surface area contributed by atoms with Gasteiger partial charge in [-0.1, -0.05) is 29.5 Å². The molecule has 0 aliphatic rings. The summed E-state index contributed by atoms with van der Waals surface area (Å²) in [6.07, 6.45) is 2.13. The standard InChI is InChI=1S/C21H19N3OS2/c1-14-10-15(2)20-18(11-14)27-21(23-20)24(13-16-6-3-4-8-22-16)19(25)12-17-7-5-9-26-17/h3-11H,12-13H2,1-2H3. The zero-order chi connectivity index (χ0) is 18.8. The molecule has 1 aromatic carbocycles. The summed E-state index contributed by atoms with van der Waals surface area (Å²) in [5.74, 6) is 0.0385. The Kier molecular flexibility index (Phi) is 5.01. The number of aryl methyl sites for hydroxylation is 2. The third-order valence-corrected chi connectivity index (χ3v) is 6.20. The summed E-state index contributed by atoms with van der Waals surface area (Å²) < 4.78 is 1.11. The number of benzene rings is 1. The van der Waals surface area contributed by atoms with E-state index in [1.807, 2.05) is 35.7 Å². The van der Waals surface area contributed by atoms with Crippen LogP contribution in [0.2, 0.25) is 0 Å². The van der Waals surface area contributed by atoms with Crippen LogP contribution in [-0.2, 0) is 17.8 Å². The molecule has 3 heterocycles. The predicted molar refractivity (Wildman–Crippen MR) is 113 cm³/mol. The maximum atomic E-state index is 13.1. The van der Waals surface area contributed by atoms with Crippen molar-refractivity contribution in [1.82, 2.24) is 9.97 Å². The van der Waals surface area contributed by atoms with Gasteiger partial charge in [0.1, 0.15) is 0 Å². The van der Waals surface area contributed by atoms with Gasteiger partial charge in [-0.25, -0.2) is 4.98 Å². The Balaban J connectivity index is 1.72. The molecule has 0 N–H and O–H groups in total. The highest BCUT2D eigenvalue weighted by Gasteiger charge is 2.22. The summed E-state index contributed by atoms with van der Waals surface area (Å²) >= 11 is 3.16. The van der Waals surface area contributed by atoms with E-state index in [-0.39, 0.29) is 5.91 Å². The van der Waals surface area contributed by atoms with Crippen LogP contribution in [0.4, 0.5) is 5.13 Å². The van der Waals surface area contributed by atoms with E-state index in [4.69, 9.17) is 4.98 Å². The molecule has 4 rings (SSSR count). The maximum absolute atomic E-state index is 13.1. The molecule has 0 atom stereocenters. The SMILES string of the molecule is Cc1cc(C)c2nc(N(Cc3ccccn3)C(=O)Cc3cccs3)sc2c1. The smallest absolute Gasteiger partial charge is 0.234 e. The van der Waals surface area contributed by atoms with Crippen molar-refractivity contribution in [1.29, 1.82) is 0 Å². The fraction of sp³-hybridized carbons (Fsp3) is 0.190. The second-order valence-electron chi connectivity index (χ2n) is 6.48. The monoisotopic (exact) mass is 393 g/mol. The molecule has 0 fully saturated rings. The fourth-order valence-electron chi connectivity index (χ4n) is 3.05. The van der Waals surface area contributed by atoms with Gasteiger partial charge in [0.15, 0.2) is 5.13 Å². The van der Waals surface area contributed by atoms with Gasteiger partial charge in [-0.05, 0) is 54.6 Å². The van der Waals surface area contributed by atoms with Crippen molar-refractivity contribution in [2.24, 2.45) is 0 Å². The second kappa shape index (κ2) is 7.58. The lowest BCUT2D eigenvalue weighted by atomic mass is 10.1. The van der Waals surface area contributed by atoms with Gasteiger partial charge in [-0.15, -0.1) is 11.3 Å². The zero-order valence-corrected chi connectivity index (χ0v) is 16.8. The molecule has 1 amide bonds. The summed E-state index contributed by atoms with van der Waals surface area (Å²) in [7, 11) is 0. The highest BCUT2D eigenvalue weighted by atomic mass is 32.1. The minimum Gasteiger partial charge on any atom is -0.282 e. The van der Waals surface area contributed by atoms with Crippen LogP contribution < -0.4 is 4.90 Å². The average molecular weight is 394 g/mol. The van der Waals surface area contributed by atoms with Gasteiger partial charge in [0, 0.05) is 11.1 Å². The Morgan fingerprint density at radius 2 is 2.04 bits per heavy atom. The van der Waals surface area contributed by atoms with E-state index >= 15 is 0 Å². The summed E-state index contributed by atoms with van der Waals surface area (Å²) in [6.45, 7) is 4.57. The molecular weight excluding hydrogens is 374 g/mol. The van der Waals surface area contributed by atoms with Crippen molar-refractivity contribution in [2.45, 2.75) is 26.8 Å². The molecule has 0 bridgehead atoms. The molecule has 0 aliphatic carbocycles. The van der Waals surface area contributed by atoms with Gasteiger partial charge >= 0.3 is 0 Å². The molecule has 0 saturated heterocycles. The van der Waals surface area contributed by atoms with Gasteiger partial charge in [-0.3, -0.25) is 14.7 Å². The molecule has 4 aromatic rings. The Morgan fingerprint density at radius 3 is 2.78 bits per heavy atom. The number of anilines is 1. The molecule has 0 aliphatic heterocycles. The second-order valence-corrected chi connectivity index (χ2v) is 8.52. The predicted octanol–water partition coefficient (Wildman–Crippen LogP) is 5.15. The van der Waals surface area contributed by atoms with Crippen LogP contribution in [0.15, 0.2) is 54.0 Å². The number of carbonyl (C=O) groups excluding carboxylic acids is 1. The van der Waals surface area contributed by atoms with Crippen molar-refractivity contribution in [3.8, 4) is 0 Å². The number of amides is 1. The Bertz CT molecular complexity index is 1070. The number of thiazole rings is 1. The number of hydrogen-bond donors (Lipinski definition) is 0. The fourth-order valence-corrected chi connectivity index (χ4v) is 4.90. The molecule has 4 nitrogen and oxygen atoms in total. The van der Waals surface area contributed by atoms with Gasteiger partial charge in [0.2, 0.25) is 5.91 Å². The van der Waals surface area contributed by atoms with Gasteiger partial charge < -0.3 is 0 Å². The van der Waals surface area contributed by atoms with Crippen LogP contribution in [0, 0.1) is 13.8 Å². The summed E-state index contributed by atoms with van der Waals surface area (Å²) in [5.41, 5.74) is 4.16. The van der Waals surface area contributed by atoms with E-state index in [1.54, 1.807) is 33.8 Å². The summed E-state index contributed by atoms with van der Waals surface area (Å²) in [4.78, 5) is 25.1. The largest absolute Gasteiger partial charge is 0.282 e. The lowest BCUT2D eigenvalue weighted by Gasteiger charge is -2.19. The molecule has 0 saturated carbocycles. The molecule has 136 valence electrons. The highest BCUT2D eigenvalue weighted by molar-refractivity contribution is 7.22. The quantitative estimate of drug-likeness (QED) is 0.471. The van der Waals surface area contributed by atoms with Crippen molar-refractivity contribution in [3.05, 3.63) is 75.7 Å². The normalized spacial score (nSPS) is 11.0. The van der Waals surface area contributed by atoms with Crippen LogP contribution >= 0.6 is 22.7 Å². The number of rotatable bonds is 5. The van der Waals surface area contributed by atoms with E-state index in [1.165, 1.54) is 5.56 Å². The van der Waals surface area contributed by atoms with E-state index in [9.17, 15) is 4.79 Å². The Morgan fingerprint density at radius 1 is 1.15 bits per heavy atom. The first-order valence-corrected chi connectivity index (χ1v) is 10.4. The molecule has 0 spiro atoms. The lowest BCUT2D eigenvalue weighted by molar-refractivity contribution is -0.118. The molecule has 0 unspecified atom stereocenters. The van der Waals surface area contributed by atoms with Crippen molar-refractivity contribution < 1.29 is 4.79 Å². The number of nitrogens with zero attached hydrogens (tertiary/aromatic N) is 3. The molecule has 3 aromatic heterocycles. The molecule has 0 radical (unpaired) electrons. The van der Waals surface area contributed by atoms with E-state index < -0.39 is 0 Å². The van der Waals surface area contributed by atoms with Crippen molar-refractivity contribution in [3.63, 3.8) is 0 Å². The Hall–Kier alpha value is -2.57. The third kappa shape index (κ3) is 3.91. The number of carbonyl (C=O) groups is 1. The highest BCUT2D eigenvalue weighted by Crippen LogP contribution is 2.32. The van der Waals surface area contributed by atoms with Crippen LogP contribution in [0.5, 0.6) is 0 Å². The van der Waals surface area contributed by atoms with Gasteiger partial charge in [0.25, 0.3) is 0 Å². The third-order valence-electron chi connectivity index (χ3n) is 4.30. The number of fused-ring (bicyclic) bond motifs is 1. The van der Waals surface area contributed by atoms with Gasteiger partial charge in [-0.2, -0.15) is 0 Å². The molecule has 6 heteroatoms. The van der Waals surface area contributed by atoms with Crippen molar-refractivity contribution >= 4 is 43.9 Å². The minimum absolute atomic E-state index is 0.0385. The lowest BCUT2D eigenvalue weighted by Crippen LogP contribution is -2.31. The van der Waals surface area contributed by atoms with Gasteiger partial charge in [0.05, 0.1) is 28.9 Å². The first kappa shape index (κ1) is 17.8. The molecular formula is C21H19N3OS2. The summed E-state index contributed by atoms with van der Waals surface area (Å²) in [5, 5.41) is 2.72. The van der Waals surface area contributed by atoms with Crippen LogP contribution in [-0.4, -0.2) is 15.9 Å². The van der Waals surface area contributed by atoms with E-state index in [0.717, 1.165) is 31.5 Å². The number of thiophene rings is 1. The minimum atomic E-state index is 0.0385. The molecule has 27 heavy (non-hydrogen) atoms. The summed E-state index contributed by atoms with van der Waals surface area (Å²) in [6, 6.07) is 14.0. The first-order chi connectivity index (χ1) is 13.1. The number of aromatic nitrogens is 2. The van der Waals surface area contributed by atoms with Crippen molar-refractivity contribution in [2.75, 3.05) is 4.90 Å².